The van der Waals surface area contributed by atoms with Crippen LogP contribution in [0.2, 0.25) is 0 Å². The Morgan fingerprint density at radius 1 is 1.26 bits per heavy atom. The van der Waals surface area contributed by atoms with Crippen LogP contribution in [0.4, 0.5) is 0 Å². The summed E-state index contributed by atoms with van der Waals surface area (Å²) in [6, 6.07) is 11.3. The molecule has 0 saturated heterocycles. The van der Waals surface area contributed by atoms with Crippen molar-refractivity contribution in [2.75, 3.05) is 6.54 Å². The summed E-state index contributed by atoms with van der Waals surface area (Å²) in [5.41, 5.74) is 4.15. The molecule has 102 valence electrons. The summed E-state index contributed by atoms with van der Waals surface area (Å²) in [7, 11) is 0. The average Bonchev–Trinajstić information content (AvgIpc) is 2.76. The van der Waals surface area contributed by atoms with Crippen molar-refractivity contribution in [3.8, 4) is 0 Å². The normalized spacial score (nSPS) is 12.6. The van der Waals surface area contributed by atoms with Gasteiger partial charge in [0.1, 0.15) is 0 Å². The van der Waals surface area contributed by atoms with Crippen LogP contribution in [-0.2, 0) is 6.42 Å². The molecule has 0 aliphatic rings. The standard InChI is InChI=1S/C16H20BrNS/c1-4-12-8-6-7-9-13(12)15(18-5-2)14-10-11(3)16(17)19-14/h6-10,15,18H,4-5H2,1-3H3. The van der Waals surface area contributed by atoms with Gasteiger partial charge in [-0.3, -0.25) is 0 Å². The maximum absolute atomic E-state index is 3.63. The molecule has 0 bridgehead atoms. The predicted octanol–water partition coefficient (Wildman–Crippen LogP) is 5.08. The summed E-state index contributed by atoms with van der Waals surface area (Å²) in [5, 5.41) is 3.62. The summed E-state index contributed by atoms with van der Waals surface area (Å²) >= 11 is 5.46. The fraction of sp³-hybridized carbons (Fsp3) is 0.375. The van der Waals surface area contributed by atoms with Gasteiger partial charge >= 0.3 is 0 Å². The molecule has 1 N–H and O–H groups in total. The molecule has 0 saturated carbocycles. The number of rotatable bonds is 5. The summed E-state index contributed by atoms with van der Waals surface area (Å²) in [6.45, 7) is 7.50. The van der Waals surface area contributed by atoms with Crippen LogP contribution >= 0.6 is 27.3 Å². The van der Waals surface area contributed by atoms with E-state index in [1.807, 2.05) is 11.3 Å². The molecule has 3 heteroatoms. The average molecular weight is 338 g/mol. The lowest BCUT2D eigenvalue weighted by atomic mass is 9.97. The Labute approximate surface area is 128 Å². The van der Waals surface area contributed by atoms with Gasteiger partial charge in [-0.25, -0.2) is 0 Å². The van der Waals surface area contributed by atoms with Crippen LogP contribution in [0.15, 0.2) is 34.1 Å². The number of nitrogens with one attached hydrogen (secondary N) is 1. The first-order chi connectivity index (χ1) is 9.17. The van der Waals surface area contributed by atoms with Gasteiger partial charge in [0.25, 0.3) is 0 Å². The van der Waals surface area contributed by atoms with Crippen LogP contribution in [0.5, 0.6) is 0 Å². The second kappa shape index (κ2) is 6.69. The van der Waals surface area contributed by atoms with E-state index < -0.39 is 0 Å². The maximum Gasteiger partial charge on any atom is 0.0731 e. The molecule has 1 aromatic heterocycles. The summed E-state index contributed by atoms with van der Waals surface area (Å²) in [4.78, 5) is 1.38. The van der Waals surface area contributed by atoms with E-state index in [4.69, 9.17) is 0 Å². The molecular formula is C16H20BrNS. The lowest BCUT2D eigenvalue weighted by Gasteiger charge is -2.20. The van der Waals surface area contributed by atoms with E-state index in [1.165, 1.54) is 25.4 Å². The van der Waals surface area contributed by atoms with Crippen molar-refractivity contribution < 1.29 is 0 Å². The van der Waals surface area contributed by atoms with Crippen molar-refractivity contribution in [2.24, 2.45) is 0 Å². The van der Waals surface area contributed by atoms with Crippen LogP contribution in [0.3, 0.4) is 0 Å². The Kier molecular flexibility index (Phi) is 5.20. The Morgan fingerprint density at radius 2 is 2.00 bits per heavy atom. The van der Waals surface area contributed by atoms with E-state index in [0.29, 0.717) is 6.04 Å². The van der Waals surface area contributed by atoms with Gasteiger partial charge in [-0.2, -0.15) is 0 Å². The number of benzene rings is 1. The zero-order valence-corrected chi connectivity index (χ0v) is 14.1. The Bertz CT molecular complexity index is 528. The molecule has 19 heavy (non-hydrogen) atoms. The molecule has 1 unspecified atom stereocenters. The minimum atomic E-state index is 0.302. The monoisotopic (exact) mass is 337 g/mol. The molecule has 2 rings (SSSR count). The first-order valence-electron chi connectivity index (χ1n) is 6.74. The lowest BCUT2D eigenvalue weighted by Crippen LogP contribution is -2.22. The highest BCUT2D eigenvalue weighted by Gasteiger charge is 2.18. The van der Waals surface area contributed by atoms with Gasteiger partial charge in [0.05, 0.1) is 9.83 Å². The molecule has 0 fully saturated rings. The van der Waals surface area contributed by atoms with Crippen molar-refractivity contribution in [1.29, 1.82) is 0 Å². The Morgan fingerprint density at radius 3 is 2.58 bits per heavy atom. The van der Waals surface area contributed by atoms with Gasteiger partial charge in [-0.15, -0.1) is 11.3 Å². The summed E-state index contributed by atoms with van der Waals surface area (Å²) in [5.74, 6) is 0. The second-order valence-electron chi connectivity index (χ2n) is 4.65. The van der Waals surface area contributed by atoms with E-state index >= 15 is 0 Å². The quantitative estimate of drug-likeness (QED) is 0.802. The Balaban J connectivity index is 2.44. The molecular weight excluding hydrogens is 318 g/mol. The SMILES string of the molecule is CCNC(c1cc(C)c(Br)s1)c1ccccc1CC. The topological polar surface area (TPSA) is 12.0 Å². The number of aryl methyl sites for hydroxylation is 2. The summed E-state index contributed by atoms with van der Waals surface area (Å²) in [6.07, 6.45) is 1.07. The number of hydrogen-bond acceptors (Lipinski definition) is 2. The molecule has 1 aromatic carbocycles. The largest absolute Gasteiger partial charge is 0.306 e. The van der Waals surface area contributed by atoms with Crippen molar-refractivity contribution in [2.45, 2.75) is 33.2 Å². The molecule has 0 aliphatic heterocycles. The van der Waals surface area contributed by atoms with E-state index in [2.05, 4.69) is 72.3 Å². The number of halogens is 1. The van der Waals surface area contributed by atoms with Crippen molar-refractivity contribution in [3.05, 3.63) is 55.7 Å². The van der Waals surface area contributed by atoms with Crippen LogP contribution in [0, 0.1) is 6.92 Å². The Hall–Kier alpha value is -0.640. The van der Waals surface area contributed by atoms with Gasteiger partial charge in [-0.05, 0) is 58.6 Å². The van der Waals surface area contributed by atoms with Crippen LogP contribution < -0.4 is 5.32 Å². The van der Waals surface area contributed by atoms with Crippen molar-refractivity contribution in [3.63, 3.8) is 0 Å². The third kappa shape index (κ3) is 3.28. The molecule has 1 atom stereocenters. The smallest absolute Gasteiger partial charge is 0.0731 e. The zero-order valence-electron chi connectivity index (χ0n) is 11.7. The van der Waals surface area contributed by atoms with Crippen LogP contribution in [0.1, 0.15) is 41.5 Å². The first kappa shape index (κ1) is 14.8. The molecule has 2 aromatic rings. The number of hydrogen-bond donors (Lipinski definition) is 1. The molecule has 0 radical (unpaired) electrons. The van der Waals surface area contributed by atoms with Crippen molar-refractivity contribution >= 4 is 27.3 Å². The van der Waals surface area contributed by atoms with Gasteiger partial charge in [0.15, 0.2) is 0 Å². The minimum absolute atomic E-state index is 0.302. The first-order valence-corrected chi connectivity index (χ1v) is 8.35. The van der Waals surface area contributed by atoms with Gasteiger partial charge < -0.3 is 5.32 Å². The highest BCUT2D eigenvalue weighted by Crippen LogP contribution is 2.35. The molecule has 1 heterocycles. The van der Waals surface area contributed by atoms with E-state index in [9.17, 15) is 0 Å². The zero-order chi connectivity index (χ0) is 13.8. The second-order valence-corrected chi connectivity index (χ2v) is 7.05. The van der Waals surface area contributed by atoms with Crippen molar-refractivity contribution in [1.82, 2.24) is 5.32 Å². The van der Waals surface area contributed by atoms with Gasteiger partial charge in [-0.1, -0.05) is 38.1 Å². The maximum atomic E-state index is 3.63. The minimum Gasteiger partial charge on any atom is -0.306 e. The summed E-state index contributed by atoms with van der Waals surface area (Å²) < 4.78 is 1.24. The molecule has 0 spiro atoms. The fourth-order valence-electron chi connectivity index (χ4n) is 2.33. The predicted molar refractivity (Wildman–Crippen MR) is 88.1 cm³/mol. The molecule has 1 nitrogen and oxygen atoms in total. The fourth-order valence-corrected chi connectivity index (χ4v) is 4.00. The molecule has 0 amide bonds. The highest BCUT2D eigenvalue weighted by molar-refractivity contribution is 9.11. The third-order valence-corrected chi connectivity index (χ3v) is 5.52. The van der Waals surface area contributed by atoms with Crippen LogP contribution in [-0.4, -0.2) is 6.54 Å². The molecule has 0 aliphatic carbocycles. The van der Waals surface area contributed by atoms with Crippen LogP contribution in [0.25, 0.3) is 0 Å². The third-order valence-electron chi connectivity index (χ3n) is 3.32. The van der Waals surface area contributed by atoms with E-state index in [-0.39, 0.29) is 0 Å². The van der Waals surface area contributed by atoms with Gasteiger partial charge in [0, 0.05) is 4.88 Å². The number of thiophene rings is 1. The highest BCUT2D eigenvalue weighted by atomic mass is 79.9. The van der Waals surface area contributed by atoms with Gasteiger partial charge in [0.2, 0.25) is 0 Å². The van der Waals surface area contributed by atoms with E-state index in [1.54, 1.807) is 0 Å². The lowest BCUT2D eigenvalue weighted by molar-refractivity contribution is 0.634. The van der Waals surface area contributed by atoms with E-state index in [0.717, 1.165) is 13.0 Å².